The zero-order chi connectivity index (χ0) is 13.7. The average Bonchev–Trinajstić information content (AvgIpc) is 2.46. The summed E-state index contributed by atoms with van der Waals surface area (Å²) in [6.07, 6.45) is 5.45. The molecule has 1 atom stereocenters. The Hall–Kier alpha value is -1.35. The first-order valence-electron chi connectivity index (χ1n) is 7.20. The normalized spacial score (nSPS) is 20.2. The molecule has 1 aromatic rings. The van der Waals surface area contributed by atoms with Crippen LogP contribution in [0.1, 0.15) is 32.1 Å². The number of hydrogen-bond acceptors (Lipinski definition) is 2. The minimum absolute atomic E-state index is 0.213. The predicted molar refractivity (Wildman–Crippen MR) is 79.4 cm³/mol. The van der Waals surface area contributed by atoms with Crippen molar-refractivity contribution in [3.8, 4) is 0 Å². The zero-order valence-electron chi connectivity index (χ0n) is 12.0. The highest BCUT2D eigenvalue weighted by molar-refractivity contribution is 5.92. The maximum Gasteiger partial charge on any atom is 0.226 e. The molecule has 0 bridgehead atoms. The van der Waals surface area contributed by atoms with Gasteiger partial charge in [-0.3, -0.25) is 4.79 Å². The lowest BCUT2D eigenvalue weighted by atomic mass is 9.98. The van der Waals surface area contributed by atoms with Crippen LogP contribution in [0.5, 0.6) is 0 Å². The molecule has 1 fully saturated rings. The summed E-state index contributed by atoms with van der Waals surface area (Å²) < 4.78 is 0. The Kier molecular flexibility index (Phi) is 4.97. The average molecular weight is 260 g/mol. The SMILES string of the molecule is CN(C(=O)CCC1CCCCN1C)c1ccccc1. The summed E-state index contributed by atoms with van der Waals surface area (Å²) in [5, 5.41) is 0. The molecule has 0 aromatic heterocycles. The first-order valence-corrected chi connectivity index (χ1v) is 7.20. The predicted octanol–water partition coefficient (Wildman–Crippen LogP) is 2.91. The summed E-state index contributed by atoms with van der Waals surface area (Å²) in [7, 11) is 4.04. The molecule has 1 amide bonds. The third kappa shape index (κ3) is 3.80. The second kappa shape index (κ2) is 6.71. The van der Waals surface area contributed by atoms with Gasteiger partial charge in [0, 0.05) is 25.2 Å². The molecule has 0 aliphatic carbocycles. The van der Waals surface area contributed by atoms with Gasteiger partial charge in [0.15, 0.2) is 0 Å². The molecular formula is C16H24N2O. The van der Waals surface area contributed by atoms with E-state index in [0.717, 1.165) is 12.1 Å². The third-order valence-corrected chi connectivity index (χ3v) is 4.13. The van der Waals surface area contributed by atoms with Crippen molar-refractivity contribution in [3.63, 3.8) is 0 Å². The van der Waals surface area contributed by atoms with Gasteiger partial charge in [0.05, 0.1) is 0 Å². The molecule has 1 aromatic carbocycles. The number of benzene rings is 1. The number of piperidine rings is 1. The highest BCUT2D eigenvalue weighted by Crippen LogP contribution is 2.20. The van der Waals surface area contributed by atoms with Crippen molar-refractivity contribution in [1.29, 1.82) is 0 Å². The Balaban J connectivity index is 1.84. The molecule has 0 saturated carbocycles. The standard InChI is InChI=1S/C16H24N2O/c1-17-13-7-6-8-14(17)11-12-16(19)18(2)15-9-4-3-5-10-15/h3-5,9-10,14H,6-8,11-13H2,1-2H3. The van der Waals surface area contributed by atoms with Crippen molar-refractivity contribution in [2.45, 2.75) is 38.1 Å². The van der Waals surface area contributed by atoms with Gasteiger partial charge in [-0.25, -0.2) is 0 Å². The van der Waals surface area contributed by atoms with Crippen molar-refractivity contribution in [2.24, 2.45) is 0 Å². The largest absolute Gasteiger partial charge is 0.316 e. The highest BCUT2D eigenvalue weighted by Gasteiger charge is 2.20. The number of rotatable bonds is 4. The van der Waals surface area contributed by atoms with Crippen LogP contribution in [0.15, 0.2) is 30.3 Å². The first-order chi connectivity index (χ1) is 9.18. The second-order valence-electron chi connectivity index (χ2n) is 5.46. The van der Waals surface area contributed by atoms with Crippen molar-refractivity contribution >= 4 is 11.6 Å². The minimum atomic E-state index is 0.213. The van der Waals surface area contributed by atoms with E-state index in [-0.39, 0.29) is 5.91 Å². The smallest absolute Gasteiger partial charge is 0.226 e. The fraction of sp³-hybridized carbons (Fsp3) is 0.562. The maximum atomic E-state index is 12.2. The molecule has 104 valence electrons. The van der Waals surface area contributed by atoms with Crippen LogP contribution in [0, 0.1) is 0 Å². The molecule has 2 rings (SSSR count). The van der Waals surface area contributed by atoms with E-state index in [9.17, 15) is 4.79 Å². The molecule has 1 aliphatic heterocycles. The van der Waals surface area contributed by atoms with E-state index < -0.39 is 0 Å². The molecule has 0 spiro atoms. The van der Waals surface area contributed by atoms with Gasteiger partial charge in [0.1, 0.15) is 0 Å². The lowest BCUT2D eigenvalue weighted by Crippen LogP contribution is -2.37. The van der Waals surface area contributed by atoms with Crippen LogP contribution < -0.4 is 4.90 Å². The van der Waals surface area contributed by atoms with Gasteiger partial charge in [0.2, 0.25) is 5.91 Å². The van der Waals surface area contributed by atoms with Gasteiger partial charge in [-0.2, -0.15) is 0 Å². The van der Waals surface area contributed by atoms with Crippen LogP contribution in [0.2, 0.25) is 0 Å². The fourth-order valence-electron chi connectivity index (χ4n) is 2.76. The fourth-order valence-corrected chi connectivity index (χ4v) is 2.76. The Morgan fingerprint density at radius 1 is 1.32 bits per heavy atom. The van der Waals surface area contributed by atoms with E-state index in [1.807, 2.05) is 37.4 Å². The van der Waals surface area contributed by atoms with Crippen LogP contribution in [0.3, 0.4) is 0 Å². The van der Waals surface area contributed by atoms with E-state index >= 15 is 0 Å². The highest BCUT2D eigenvalue weighted by atomic mass is 16.2. The van der Waals surface area contributed by atoms with Gasteiger partial charge in [-0.1, -0.05) is 24.6 Å². The summed E-state index contributed by atoms with van der Waals surface area (Å²) in [5.74, 6) is 0.213. The number of carbonyl (C=O) groups is 1. The van der Waals surface area contributed by atoms with Crippen LogP contribution in [-0.4, -0.2) is 37.5 Å². The second-order valence-corrected chi connectivity index (χ2v) is 5.46. The number of para-hydroxylation sites is 1. The Morgan fingerprint density at radius 3 is 2.74 bits per heavy atom. The number of anilines is 1. The van der Waals surface area contributed by atoms with Crippen LogP contribution in [0.25, 0.3) is 0 Å². The van der Waals surface area contributed by atoms with E-state index in [2.05, 4.69) is 11.9 Å². The summed E-state index contributed by atoms with van der Waals surface area (Å²) >= 11 is 0. The van der Waals surface area contributed by atoms with E-state index in [1.165, 1.54) is 25.8 Å². The third-order valence-electron chi connectivity index (χ3n) is 4.13. The number of carbonyl (C=O) groups excluding carboxylic acids is 1. The van der Waals surface area contributed by atoms with Gasteiger partial charge >= 0.3 is 0 Å². The van der Waals surface area contributed by atoms with Crippen LogP contribution >= 0.6 is 0 Å². The van der Waals surface area contributed by atoms with Crippen molar-refractivity contribution in [2.75, 3.05) is 25.5 Å². The molecule has 19 heavy (non-hydrogen) atoms. The van der Waals surface area contributed by atoms with Crippen molar-refractivity contribution in [1.82, 2.24) is 4.90 Å². The topological polar surface area (TPSA) is 23.6 Å². The van der Waals surface area contributed by atoms with Gasteiger partial charge < -0.3 is 9.80 Å². The lowest BCUT2D eigenvalue weighted by molar-refractivity contribution is -0.118. The Bertz CT molecular complexity index is 404. The van der Waals surface area contributed by atoms with Crippen molar-refractivity contribution < 1.29 is 4.79 Å². The number of amides is 1. The molecule has 0 N–H and O–H groups in total. The van der Waals surface area contributed by atoms with E-state index in [0.29, 0.717) is 12.5 Å². The monoisotopic (exact) mass is 260 g/mol. The van der Waals surface area contributed by atoms with E-state index in [4.69, 9.17) is 0 Å². The number of hydrogen-bond donors (Lipinski definition) is 0. The maximum absolute atomic E-state index is 12.2. The van der Waals surface area contributed by atoms with E-state index in [1.54, 1.807) is 4.90 Å². The van der Waals surface area contributed by atoms with Crippen LogP contribution in [0.4, 0.5) is 5.69 Å². The molecule has 1 aliphatic rings. The molecule has 0 radical (unpaired) electrons. The Morgan fingerprint density at radius 2 is 2.05 bits per heavy atom. The molecular weight excluding hydrogens is 236 g/mol. The lowest BCUT2D eigenvalue weighted by Gasteiger charge is -2.32. The summed E-state index contributed by atoms with van der Waals surface area (Å²) in [5.41, 5.74) is 0.976. The van der Waals surface area contributed by atoms with Gasteiger partial charge in [-0.15, -0.1) is 0 Å². The first kappa shape index (κ1) is 14.1. The molecule has 1 saturated heterocycles. The summed E-state index contributed by atoms with van der Waals surface area (Å²) in [4.78, 5) is 16.4. The summed E-state index contributed by atoms with van der Waals surface area (Å²) in [6, 6.07) is 10.4. The zero-order valence-corrected chi connectivity index (χ0v) is 12.0. The van der Waals surface area contributed by atoms with Crippen LogP contribution in [-0.2, 0) is 4.79 Å². The van der Waals surface area contributed by atoms with Gasteiger partial charge in [-0.05, 0) is 45.0 Å². The minimum Gasteiger partial charge on any atom is -0.316 e. The molecule has 3 heteroatoms. The quantitative estimate of drug-likeness (QED) is 0.831. The Labute approximate surface area is 116 Å². The summed E-state index contributed by atoms with van der Waals surface area (Å²) in [6.45, 7) is 1.17. The molecule has 1 unspecified atom stereocenters. The molecule has 1 heterocycles. The number of likely N-dealkylation sites (tertiary alicyclic amines) is 1. The molecule has 3 nitrogen and oxygen atoms in total. The van der Waals surface area contributed by atoms with Gasteiger partial charge in [0.25, 0.3) is 0 Å². The number of nitrogens with zero attached hydrogens (tertiary/aromatic N) is 2. The van der Waals surface area contributed by atoms with Crippen molar-refractivity contribution in [3.05, 3.63) is 30.3 Å².